The Kier molecular flexibility index (Phi) is 3.74. The van der Waals surface area contributed by atoms with Gasteiger partial charge in [-0.1, -0.05) is 29.5 Å². The minimum atomic E-state index is 0.0135. The number of rotatable bonds is 4. The molecule has 0 aliphatic heterocycles. The normalized spacial score (nSPS) is 12.5. The van der Waals surface area contributed by atoms with Crippen molar-refractivity contribution in [1.29, 1.82) is 0 Å². The fourth-order valence-electron chi connectivity index (χ4n) is 1.80. The highest BCUT2D eigenvalue weighted by Gasteiger charge is 2.18. The van der Waals surface area contributed by atoms with Crippen LogP contribution < -0.4 is 0 Å². The fraction of sp³-hybridized carbons (Fsp3) is 0.286. The minimum Gasteiger partial charge on any atom is -0.419 e. The van der Waals surface area contributed by atoms with E-state index in [1.165, 1.54) is 17.3 Å². The first-order valence-electron chi connectivity index (χ1n) is 6.54. The molecule has 0 spiro atoms. The number of aromatic nitrogens is 5. The van der Waals surface area contributed by atoms with Gasteiger partial charge in [0.25, 0.3) is 0 Å². The molecule has 0 saturated heterocycles. The Balaban J connectivity index is 1.78. The largest absolute Gasteiger partial charge is 0.419 e. The van der Waals surface area contributed by atoms with Crippen molar-refractivity contribution in [1.82, 2.24) is 25.0 Å². The molecule has 1 aromatic carbocycles. The van der Waals surface area contributed by atoms with Gasteiger partial charge in [0.1, 0.15) is 6.33 Å². The van der Waals surface area contributed by atoms with E-state index in [0.717, 1.165) is 10.7 Å². The van der Waals surface area contributed by atoms with Crippen LogP contribution in [0.2, 0.25) is 0 Å². The number of aryl methyl sites for hydroxylation is 2. The van der Waals surface area contributed by atoms with Gasteiger partial charge in [0.2, 0.25) is 11.8 Å². The molecule has 3 aromatic rings. The van der Waals surface area contributed by atoms with Crippen LogP contribution in [0.1, 0.15) is 23.6 Å². The average Bonchev–Trinajstić information content (AvgIpc) is 3.10. The van der Waals surface area contributed by atoms with Crippen LogP contribution in [0.5, 0.6) is 0 Å². The second-order valence-electron chi connectivity index (χ2n) is 4.80. The molecule has 0 N–H and O–H groups in total. The van der Waals surface area contributed by atoms with Crippen LogP contribution in [-0.4, -0.2) is 25.0 Å². The van der Waals surface area contributed by atoms with Crippen LogP contribution in [0.4, 0.5) is 0 Å². The predicted octanol–water partition coefficient (Wildman–Crippen LogP) is 3.03. The van der Waals surface area contributed by atoms with Crippen molar-refractivity contribution in [2.75, 3.05) is 0 Å². The number of hydrogen-bond acceptors (Lipinski definition) is 6. The lowest BCUT2D eigenvalue weighted by Crippen LogP contribution is -1.94. The Labute approximate surface area is 126 Å². The summed E-state index contributed by atoms with van der Waals surface area (Å²) >= 11 is 1.53. The summed E-state index contributed by atoms with van der Waals surface area (Å²) < 4.78 is 7.62. The van der Waals surface area contributed by atoms with Gasteiger partial charge in [-0.2, -0.15) is 0 Å². The van der Waals surface area contributed by atoms with Crippen molar-refractivity contribution in [3.8, 4) is 11.5 Å². The summed E-state index contributed by atoms with van der Waals surface area (Å²) in [6, 6.07) is 8.01. The third-order valence-electron chi connectivity index (χ3n) is 3.04. The summed E-state index contributed by atoms with van der Waals surface area (Å²) in [6.45, 7) is 4.05. The summed E-state index contributed by atoms with van der Waals surface area (Å²) in [4.78, 5) is 0. The maximum Gasteiger partial charge on any atom is 0.247 e. The van der Waals surface area contributed by atoms with E-state index in [-0.39, 0.29) is 5.25 Å². The van der Waals surface area contributed by atoms with E-state index >= 15 is 0 Å². The van der Waals surface area contributed by atoms with E-state index in [9.17, 15) is 0 Å². The minimum absolute atomic E-state index is 0.0135. The molecule has 0 bridgehead atoms. The molecule has 6 nitrogen and oxygen atoms in total. The van der Waals surface area contributed by atoms with Crippen molar-refractivity contribution in [2.45, 2.75) is 24.3 Å². The van der Waals surface area contributed by atoms with Crippen LogP contribution >= 0.6 is 11.8 Å². The highest BCUT2D eigenvalue weighted by atomic mass is 32.2. The Morgan fingerprint density at radius 1 is 1.14 bits per heavy atom. The molecule has 2 heterocycles. The van der Waals surface area contributed by atoms with Gasteiger partial charge >= 0.3 is 0 Å². The molecule has 3 rings (SSSR count). The molecule has 7 heteroatoms. The topological polar surface area (TPSA) is 69.6 Å². The van der Waals surface area contributed by atoms with Crippen LogP contribution in [0.3, 0.4) is 0 Å². The zero-order chi connectivity index (χ0) is 14.8. The van der Waals surface area contributed by atoms with E-state index in [0.29, 0.717) is 11.8 Å². The van der Waals surface area contributed by atoms with Crippen molar-refractivity contribution in [2.24, 2.45) is 7.05 Å². The molecule has 108 valence electrons. The molecule has 0 radical (unpaired) electrons. The fourth-order valence-corrected chi connectivity index (χ4v) is 2.62. The van der Waals surface area contributed by atoms with Gasteiger partial charge in [0.05, 0.1) is 5.25 Å². The molecule has 0 aliphatic rings. The number of hydrogen-bond donors (Lipinski definition) is 0. The zero-order valence-electron chi connectivity index (χ0n) is 12.0. The third kappa shape index (κ3) is 2.97. The summed E-state index contributed by atoms with van der Waals surface area (Å²) in [7, 11) is 1.90. The van der Waals surface area contributed by atoms with Gasteiger partial charge in [-0.3, -0.25) is 0 Å². The predicted molar refractivity (Wildman–Crippen MR) is 79.7 cm³/mol. The maximum atomic E-state index is 5.76. The van der Waals surface area contributed by atoms with Crippen molar-refractivity contribution >= 4 is 11.8 Å². The van der Waals surface area contributed by atoms with Gasteiger partial charge in [-0.05, 0) is 26.0 Å². The number of nitrogens with zero attached hydrogens (tertiary/aromatic N) is 5. The van der Waals surface area contributed by atoms with Crippen LogP contribution in [0.15, 0.2) is 40.2 Å². The Hall–Kier alpha value is -2.15. The monoisotopic (exact) mass is 301 g/mol. The Morgan fingerprint density at radius 2 is 1.90 bits per heavy atom. The van der Waals surface area contributed by atoms with Gasteiger partial charge in [-0.15, -0.1) is 20.4 Å². The van der Waals surface area contributed by atoms with Crippen molar-refractivity contribution < 1.29 is 4.42 Å². The van der Waals surface area contributed by atoms with Gasteiger partial charge in [-0.25, -0.2) is 0 Å². The van der Waals surface area contributed by atoms with Crippen LogP contribution in [-0.2, 0) is 7.05 Å². The van der Waals surface area contributed by atoms with E-state index < -0.39 is 0 Å². The van der Waals surface area contributed by atoms with E-state index in [1.54, 1.807) is 6.33 Å². The molecule has 0 fully saturated rings. The quantitative estimate of drug-likeness (QED) is 0.690. The lowest BCUT2D eigenvalue weighted by Gasteiger charge is -2.04. The highest BCUT2D eigenvalue weighted by molar-refractivity contribution is 7.99. The molecule has 0 saturated carbocycles. The molecule has 0 aliphatic carbocycles. The standard InChI is InChI=1S/C14H15N5OS/c1-9-4-6-11(7-5-9)13-17-16-12(20-13)10(2)21-14-18-15-8-19(14)3/h4-8,10H,1-3H3/t10-/m1/s1. The lowest BCUT2D eigenvalue weighted by atomic mass is 10.1. The third-order valence-corrected chi connectivity index (χ3v) is 4.17. The molecule has 21 heavy (non-hydrogen) atoms. The first-order chi connectivity index (χ1) is 10.1. The second kappa shape index (κ2) is 5.69. The molecule has 0 amide bonds. The molecule has 0 unspecified atom stereocenters. The Bertz CT molecular complexity index is 734. The molecule has 2 aromatic heterocycles. The van der Waals surface area contributed by atoms with E-state index in [1.807, 2.05) is 49.7 Å². The number of thioether (sulfide) groups is 1. The summed E-state index contributed by atoms with van der Waals surface area (Å²) in [5.41, 5.74) is 2.12. The maximum absolute atomic E-state index is 5.76. The van der Waals surface area contributed by atoms with E-state index in [2.05, 4.69) is 20.4 Å². The van der Waals surface area contributed by atoms with Crippen molar-refractivity contribution in [3.63, 3.8) is 0 Å². The molecule has 1 atom stereocenters. The lowest BCUT2D eigenvalue weighted by molar-refractivity contribution is 0.508. The number of benzene rings is 1. The summed E-state index contributed by atoms with van der Waals surface area (Å²) in [5, 5.41) is 17.0. The smallest absolute Gasteiger partial charge is 0.247 e. The highest BCUT2D eigenvalue weighted by Crippen LogP contribution is 2.33. The second-order valence-corrected chi connectivity index (χ2v) is 6.10. The van der Waals surface area contributed by atoms with Gasteiger partial charge < -0.3 is 8.98 Å². The van der Waals surface area contributed by atoms with Crippen molar-refractivity contribution in [3.05, 3.63) is 42.0 Å². The van der Waals surface area contributed by atoms with E-state index in [4.69, 9.17) is 4.42 Å². The summed E-state index contributed by atoms with van der Waals surface area (Å²) in [5.74, 6) is 1.12. The SMILES string of the molecule is Cc1ccc(-c2nnc([C@@H](C)Sc3nncn3C)o2)cc1. The van der Waals surface area contributed by atoms with Gasteiger partial charge in [0, 0.05) is 12.6 Å². The summed E-state index contributed by atoms with van der Waals surface area (Å²) in [6.07, 6.45) is 1.67. The Morgan fingerprint density at radius 3 is 2.57 bits per heavy atom. The average molecular weight is 301 g/mol. The first-order valence-corrected chi connectivity index (χ1v) is 7.42. The van der Waals surface area contributed by atoms with Crippen LogP contribution in [0, 0.1) is 6.92 Å². The molecular weight excluding hydrogens is 286 g/mol. The zero-order valence-corrected chi connectivity index (χ0v) is 12.8. The van der Waals surface area contributed by atoms with Crippen LogP contribution in [0.25, 0.3) is 11.5 Å². The van der Waals surface area contributed by atoms with Gasteiger partial charge in [0.15, 0.2) is 5.16 Å². The molecular formula is C14H15N5OS. The first kappa shape index (κ1) is 13.8.